The highest BCUT2D eigenvalue weighted by molar-refractivity contribution is 8.00. The number of thioether (sulfide) groups is 1. The van der Waals surface area contributed by atoms with Crippen LogP contribution in [0, 0.1) is 0 Å². The SMILES string of the molecule is Nc1nc(/C(=N/OC2CCCC2)C(=O)N[C@@H]2C(=O)N3C(C(=O)O)=C(/C=C4\CCN(Cc5cc[n+](CC(=O)N6CCc7ccccc76)cc5)C4=O)CS[C@H]23)cs1. The number of amides is 4. The van der Waals surface area contributed by atoms with Gasteiger partial charge in [-0.05, 0) is 67.4 Å². The van der Waals surface area contributed by atoms with Crippen molar-refractivity contribution in [2.24, 2.45) is 5.16 Å². The summed E-state index contributed by atoms with van der Waals surface area (Å²) < 4.78 is 1.82. The van der Waals surface area contributed by atoms with E-state index >= 15 is 0 Å². The largest absolute Gasteiger partial charge is 0.477 e. The first-order chi connectivity index (χ1) is 26.6. The van der Waals surface area contributed by atoms with Gasteiger partial charge in [-0.25, -0.2) is 9.78 Å². The predicted molar refractivity (Wildman–Crippen MR) is 203 cm³/mol. The van der Waals surface area contributed by atoms with Crippen LogP contribution in [0.4, 0.5) is 10.8 Å². The fraction of sp³-hybridized carbons (Fsp3) is 0.368. The van der Waals surface area contributed by atoms with Gasteiger partial charge in [-0.1, -0.05) is 23.4 Å². The second-order valence-corrected chi connectivity index (χ2v) is 16.0. The van der Waals surface area contributed by atoms with E-state index in [4.69, 9.17) is 10.6 Å². The van der Waals surface area contributed by atoms with Crippen molar-refractivity contribution in [3.8, 4) is 0 Å². The van der Waals surface area contributed by atoms with Crippen LogP contribution < -0.4 is 20.5 Å². The summed E-state index contributed by atoms with van der Waals surface area (Å²) >= 11 is 2.45. The number of nitrogens with zero attached hydrogens (tertiary/aromatic N) is 6. The van der Waals surface area contributed by atoms with Gasteiger partial charge in [0.25, 0.3) is 17.7 Å². The monoisotopic (exact) mass is 783 g/mol. The van der Waals surface area contributed by atoms with E-state index in [0.717, 1.165) is 54.7 Å². The molecule has 0 bridgehead atoms. The Bertz CT molecular complexity index is 2160. The minimum Gasteiger partial charge on any atom is -0.477 e. The van der Waals surface area contributed by atoms with Gasteiger partial charge < -0.3 is 30.8 Å². The van der Waals surface area contributed by atoms with Crippen LogP contribution in [0.1, 0.15) is 48.9 Å². The summed E-state index contributed by atoms with van der Waals surface area (Å²) in [4.78, 5) is 80.5. The van der Waals surface area contributed by atoms with Crippen LogP contribution in [0.2, 0.25) is 0 Å². The number of para-hydroxylation sites is 1. The molecule has 8 rings (SSSR count). The molecule has 2 aromatic heterocycles. The van der Waals surface area contributed by atoms with Gasteiger partial charge in [0, 0.05) is 54.2 Å². The lowest BCUT2D eigenvalue weighted by molar-refractivity contribution is -0.684. The number of nitrogens with two attached hydrogens (primary N) is 1. The van der Waals surface area contributed by atoms with Gasteiger partial charge in [-0.15, -0.1) is 23.1 Å². The number of nitrogens with one attached hydrogen (secondary N) is 1. The number of carboxylic acids is 1. The average Bonchev–Trinajstić information content (AvgIpc) is 4.01. The van der Waals surface area contributed by atoms with E-state index in [1.54, 1.807) is 16.4 Å². The summed E-state index contributed by atoms with van der Waals surface area (Å²) in [7, 11) is 0. The normalized spacial score (nSPS) is 21.9. The fourth-order valence-electron chi connectivity index (χ4n) is 7.61. The Morgan fingerprint density at radius 1 is 1.09 bits per heavy atom. The molecular weight excluding hydrogens is 745 g/mol. The van der Waals surface area contributed by atoms with Gasteiger partial charge in [0.2, 0.25) is 12.5 Å². The number of carbonyl (C=O) groups is 5. The van der Waals surface area contributed by atoms with Crippen molar-refractivity contribution in [2.75, 3.05) is 29.5 Å². The zero-order chi connectivity index (χ0) is 38.2. The highest BCUT2D eigenvalue weighted by Gasteiger charge is 2.54. The summed E-state index contributed by atoms with van der Waals surface area (Å²) in [5.74, 6) is -2.54. The van der Waals surface area contributed by atoms with Crippen LogP contribution in [0.15, 0.2) is 82.2 Å². The number of anilines is 2. The van der Waals surface area contributed by atoms with Crippen LogP contribution in [0.25, 0.3) is 0 Å². The number of fused-ring (bicyclic) bond motifs is 2. The van der Waals surface area contributed by atoms with E-state index in [0.29, 0.717) is 37.2 Å². The van der Waals surface area contributed by atoms with Crippen molar-refractivity contribution in [3.63, 3.8) is 0 Å². The molecule has 6 heterocycles. The van der Waals surface area contributed by atoms with Crippen molar-refractivity contribution in [1.82, 2.24) is 20.1 Å². The fourth-order valence-corrected chi connectivity index (χ4v) is 9.46. The summed E-state index contributed by atoms with van der Waals surface area (Å²) in [5.41, 5.74) is 9.55. The molecule has 3 fully saturated rings. The number of rotatable bonds is 11. The van der Waals surface area contributed by atoms with E-state index < -0.39 is 29.2 Å². The summed E-state index contributed by atoms with van der Waals surface area (Å²) in [6.45, 7) is 1.67. The van der Waals surface area contributed by atoms with Crippen LogP contribution in [0.3, 0.4) is 0 Å². The molecule has 4 N–H and O–H groups in total. The summed E-state index contributed by atoms with van der Waals surface area (Å²) in [6.07, 6.45) is 10.1. The number of pyridine rings is 1. The van der Waals surface area contributed by atoms with E-state index in [1.165, 1.54) is 22.2 Å². The van der Waals surface area contributed by atoms with Gasteiger partial charge in [0.1, 0.15) is 28.9 Å². The number of oxime groups is 1. The van der Waals surface area contributed by atoms with Gasteiger partial charge in [0.15, 0.2) is 23.2 Å². The predicted octanol–water partition coefficient (Wildman–Crippen LogP) is 2.36. The van der Waals surface area contributed by atoms with Gasteiger partial charge in [0.05, 0.1) is 0 Å². The average molecular weight is 784 g/mol. The Balaban J connectivity index is 0.904. The van der Waals surface area contributed by atoms with Crippen molar-refractivity contribution in [2.45, 2.75) is 69.1 Å². The van der Waals surface area contributed by atoms with Crippen molar-refractivity contribution >= 4 is 69.2 Å². The lowest BCUT2D eigenvalue weighted by Gasteiger charge is -2.49. The lowest BCUT2D eigenvalue weighted by Crippen LogP contribution is -2.71. The Morgan fingerprint density at radius 3 is 2.62 bits per heavy atom. The third-order valence-corrected chi connectivity index (χ3v) is 12.4. The van der Waals surface area contributed by atoms with Crippen LogP contribution in [0.5, 0.6) is 0 Å². The minimum atomic E-state index is -1.30. The van der Waals surface area contributed by atoms with E-state index in [2.05, 4.69) is 15.5 Å². The molecule has 0 radical (unpaired) electrons. The topological polar surface area (TPSA) is 192 Å². The molecule has 284 valence electrons. The number of carbonyl (C=O) groups excluding carboxylic acids is 4. The number of carboxylic acid groups (broad SMARTS) is 1. The number of aromatic nitrogens is 2. The van der Waals surface area contributed by atoms with Crippen molar-refractivity contribution < 1.29 is 38.5 Å². The molecule has 15 nitrogen and oxygen atoms in total. The molecule has 17 heteroatoms. The number of hydrogen-bond donors (Lipinski definition) is 3. The van der Waals surface area contributed by atoms with E-state index in [-0.39, 0.29) is 52.5 Å². The maximum Gasteiger partial charge on any atom is 0.352 e. The Labute approximate surface area is 324 Å². The molecule has 1 saturated carbocycles. The van der Waals surface area contributed by atoms with Gasteiger partial charge in [-0.3, -0.25) is 24.1 Å². The number of nitrogen functional groups attached to an aromatic ring is 1. The standard InChI is InChI=1S/C38H38N8O7S2/c39-38-40-27(21-55-38)30(42-53-26-6-2-3-7-26)33(48)41-31-35(50)46-32(37(51)52)25(20-54-36(31)46)17-24-11-15-44(34(24)49)18-22-9-13-43(14-10-22)19-29(47)45-16-12-23-5-1-4-8-28(23)45/h1,4-5,8-10,13-14,17,21,26,31,36H,2-3,6-7,11-12,15-16,18-20H2,(H3-,39,40,41,48,51,52)/p+1/b24-17+,42-30-/t31-,36-/m1/s1. The summed E-state index contributed by atoms with van der Waals surface area (Å²) in [5, 5.41) is 18.2. The first-order valence-corrected chi connectivity index (χ1v) is 20.1. The molecule has 1 aliphatic carbocycles. The van der Waals surface area contributed by atoms with Gasteiger partial charge >= 0.3 is 5.97 Å². The highest BCUT2D eigenvalue weighted by atomic mass is 32.2. The molecule has 1 aromatic carbocycles. The number of β-lactam (4-membered cyclic amide) rings is 1. The third-order valence-electron chi connectivity index (χ3n) is 10.5. The number of aliphatic carboxylic acids is 1. The lowest BCUT2D eigenvalue weighted by atomic mass is 10.0. The molecule has 4 aliphatic heterocycles. The smallest absolute Gasteiger partial charge is 0.352 e. The molecule has 3 aromatic rings. The zero-order valence-corrected chi connectivity index (χ0v) is 31.4. The third kappa shape index (κ3) is 7.33. The molecule has 0 unspecified atom stereocenters. The number of allylic oxidation sites excluding steroid dienone is 1. The second-order valence-electron chi connectivity index (χ2n) is 14.0. The Kier molecular flexibility index (Phi) is 10.1. The second kappa shape index (κ2) is 15.3. The highest BCUT2D eigenvalue weighted by Crippen LogP contribution is 2.41. The van der Waals surface area contributed by atoms with Crippen LogP contribution in [-0.4, -0.2) is 91.6 Å². The summed E-state index contributed by atoms with van der Waals surface area (Å²) in [6, 6.07) is 10.7. The van der Waals surface area contributed by atoms with Crippen LogP contribution in [-0.2, 0) is 48.3 Å². The molecule has 55 heavy (non-hydrogen) atoms. The van der Waals surface area contributed by atoms with Crippen molar-refractivity contribution in [1.29, 1.82) is 0 Å². The van der Waals surface area contributed by atoms with Crippen LogP contribution >= 0.6 is 23.1 Å². The number of likely N-dealkylation sites (tertiary alicyclic amines) is 1. The maximum absolute atomic E-state index is 13.5. The Morgan fingerprint density at radius 2 is 1.87 bits per heavy atom. The first kappa shape index (κ1) is 36.4. The minimum absolute atomic E-state index is 0.00994. The van der Waals surface area contributed by atoms with Gasteiger partial charge in [-0.2, -0.15) is 4.57 Å². The molecule has 5 aliphatic rings. The maximum atomic E-state index is 13.5. The number of hydrogen-bond acceptors (Lipinski definition) is 11. The zero-order valence-electron chi connectivity index (χ0n) is 29.8. The van der Waals surface area contributed by atoms with Crippen molar-refractivity contribution in [3.05, 3.63) is 93.9 Å². The number of benzene rings is 1. The number of thiazole rings is 1. The molecule has 0 spiro atoms. The molecule has 4 amide bonds. The van der Waals surface area contributed by atoms with E-state index in [1.807, 2.05) is 58.3 Å². The molecule has 2 atom stereocenters. The van der Waals surface area contributed by atoms with E-state index in [9.17, 15) is 29.1 Å². The quantitative estimate of drug-likeness (QED) is 0.0856. The Hall–Kier alpha value is -5.55. The molecule has 2 saturated heterocycles. The molecular formula is C38H39N8O7S2+. The first-order valence-electron chi connectivity index (χ1n) is 18.2.